The molecular formula is C13H19ClN2O. The number of pyridine rings is 1. The van der Waals surface area contributed by atoms with Crippen LogP contribution in [0.2, 0.25) is 5.02 Å². The van der Waals surface area contributed by atoms with Gasteiger partial charge in [-0.3, -0.25) is 4.98 Å². The van der Waals surface area contributed by atoms with Crippen molar-refractivity contribution in [2.24, 2.45) is 0 Å². The second kappa shape index (κ2) is 6.82. The van der Waals surface area contributed by atoms with Crippen LogP contribution in [0.5, 0.6) is 0 Å². The predicted molar refractivity (Wildman–Crippen MR) is 70.6 cm³/mol. The molecule has 0 unspecified atom stereocenters. The molecule has 3 nitrogen and oxygen atoms in total. The number of hydrogen-bond acceptors (Lipinski definition) is 3. The maximum atomic E-state index is 5.99. The molecule has 1 heterocycles. The largest absolute Gasteiger partial charge is 0.381 e. The van der Waals surface area contributed by atoms with Gasteiger partial charge in [-0.2, -0.15) is 0 Å². The molecule has 0 aromatic carbocycles. The zero-order valence-corrected chi connectivity index (χ0v) is 10.7. The van der Waals surface area contributed by atoms with Crippen molar-refractivity contribution in [2.75, 3.05) is 18.5 Å². The van der Waals surface area contributed by atoms with Crippen molar-refractivity contribution in [3.05, 3.63) is 23.5 Å². The van der Waals surface area contributed by atoms with Crippen molar-refractivity contribution < 1.29 is 4.74 Å². The molecule has 4 heteroatoms. The summed E-state index contributed by atoms with van der Waals surface area (Å²) < 4.78 is 5.82. The number of anilines is 1. The summed E-state index contributed by atoms with van der Waals surface area (Å²) in [6.07, 6.45) is 10.3. The SMILES string of the molecule is Clc1cnccc1NCCOC1CCCCC1. The molecule has 0 spiro atoms. The summed E-state index contributed by atoms with van der Waals surface area (Å²) in [5, 5.41) is 3.91. The van der Waals surface area contributed by atoms with Crippen molar-refractivity contribution >= 4 is 17.3 Å². The molecule has 1 aromatic heterocycles. The first-order valence-electron chi connectivity index (χ1n) is 6.31. The van der Waals surface area contributed by atoms with Crippen molar-refractivity contribution in [2.45, 2.75) is 38.2 Å². The molecule has 1 aliphatic carbocycles. The van der Waals surface area contributed by atoms with E-state index in [2.05, 4.69) is 10.3 Å². The van der Waals surface area contributed by atoms with E-state index in [1.54, 1.807) is 12.4 Å². The summed E-state index contributed by atoms with van der Waals surface area (Å²) in [5.74, 6) is 0. The number of nitrogens with one attached hydrogen (secondary N) is 1. The highest BCUT2D eigenvalue weighted by molar-refractivity contribution is 6.33. The number of ether oxygens (including phenoxy) is 1. The van der Waals surface area contributed by atoms with Crippen LogP contribution in [0.3, 0.4) is 0 Å². The van der Waals surface area contributed by atoms with Crippen LogP contribution < -0.4 is 5.32 Å². The summed E-state index contributed by atoms with van der Waals surface area (Å²) in [6, 6.07) is 1.88. The van der Waals surface area contributed by atoms with Gasteiger partial charge < -0.3 is 10.1 Å². The molecule has 2 rings (SSSR count). The minimum Gasteiger partial charge on any atom is -0.381 e. The van der Waals surface area contributed by atoms with Crippen LogP contribution in [-0.4, -0.2) is 24.2 Å². The second-order valence-corrected chi connectivity index (χ2v) is 4.82. The molecule has 0 bridgehead atoms. The Balaban J connectivity index is 1.64. The van der Waals surface area contributed by atoms with E-state index >= 15 is 0 Å². The van der Waals surface area contributed by atoms with E-state index in [-0.39, 0.29) is 0 Å². The molecular weight excluding hydrogens is 236 g/mol. The third-order valence-corrected chi connectivity index (χ3v) is 3.40. The number of rotatable bonds is 5. The Hall–Kier alpha value is -0.800. The predicted octanol–water partition coefficient (Wildman–Crippen LogP) is 3.50. The Bertz CT molecular complexity index is 340. The zero-order chi connectivity index (χ0) is 11.9. The molecule has 94 valence electrons. The van der Waals surface area contributed by atoms with Crippen LogP contribution in [0.25, 0.3) is 0 Å². The van der Waals surface area contributed by atoms with Gasteiger partial charge in [-0.1, -0.05) is 30.9 Å². The summed E-state index contributed by atoms with van der Waals surface area (Å²) in [7, 11) is 0. The lowest BCUT2D eigenvalue weighted by Gasteiger charge is -2.22. The quantitative estimate of drug-likeness (QED) is 0.817. The molecule has 0 atom stereocenters. The first kappa shape index (κ1) is 12.7. The van der Waals surface area contributed by atoms with Gasteiger partial charge in [0.2, 0.25) is 0 Å². The third-order valence-electron chi connectivity index (χ3n) is 3.10. The van der Waals surface area contributed by atoms with E-state index in [1.807, 2.05) is 6.07 Å². The lowest BCUT2D eigenvalue weighted by atomic mass is 9.98. The molecule has 1 N–H and O–H groups in total. The van der Waals surface area contributed by atoms with Gasteiger partial charge >= 0.3 is 0 Å². The van der Waals surface area contributed by atoms with Crippen LogP contribution in [0, 0.1) is 0 Å². The van der Waals surface area contributed by atoms with Crippen LogP contribution >= 0.6 is 11.6 Å². The lowest BCUT2D eigenvalue weighted by Crippen LogP contribution is -2.20. The highest BCUT2D eigenvalue weighted by Gasteiger charge is 2.12. The van der Waals surface area contributed by atoms with E-state index in [4.69, 9.17) is 16.3 Å². The van der Waals surface area contributed by atoms with Crippen LogP contribution in [0.4, 0.5) is 5.69 Å². The Morgan fingerprint density at radius 3 is 2.94 bits per heavy atom. The van der Waals surface area contributed by atoms with Gasteiger partial charge in [0.25, 0.3) is 0 Å². The standard InChI is InChI=1S/C13H19ClN2O/c14-12-10-15-7-6-13(12)16-8-9-17-11-4-2-1-3-5-11/h6-7,10-11H,1-5,8-9H2,(H,15,16). The third kappa shape index (κ3) is 4.17. The Kier molecular flexibility index (Phi) is 5.08. The molecule has 0 radical (unpaired) electrons. The number of halogens is 1. The molecule has 0 amide bonds. The topological polar surface area (TPSA) is 34.2 Å². The van der Waals surface area contributed by atoms with E-state index in [1.165, 1.54) is 32.1 Å². The summed E-state index contributed by atoms with van der Waals surface area (Å²) in [5.41, 5.74) is 0.925. The zero-order valence-electron chi connectivity index (χ0n) is 9.99. The average Bonchev–Trinajstić information content (AvgIpc) is 2.38. The van der Waals surface area contributed by atoms with Crippen LogP contribution in [-0.2, 0) is 4.74 Å². The van der Waals surface area contributed by atoms with Gasteiger partial charge in [-0.15, -0.1) is 0 Å². The smallest absolute Gasteiger partial charge is 0.0820 e. The summed E-state index contributed by atoms with van der Waals surface area (Å²) in [6.45, 7) is 1.53. The number of aromatic nitrogens is 1. The normalized spacial score (nSPS) is 17.0. The van der Waals surface area contributed by atoms with Gasteiger partial charge in [0.05, 0.1) is 23.4 Å². The fraction of sp³-hybridized carbons (Fsp3) is 0.615. The number of hydrogen-bond donors (Lipinski definition) is 1. The highest BCUT2D eigenvalue weighted by atomic mass is 35.5. The Morgan fingerprint density at radius 2 is 2.18 bits per heavy atom. The Morgan fingerprint density at radius 1 is 1.35 bits per heavy atom. The van der Waals surface area contributed by atoms with Gasteiger partial charge in [0.1, 0.15) is 0 Å². The monoisotopic (exact) mass is 254 g/mol. The highest BCUT2D eigenvalue weighted by Crippen LogP contribution is 2.21. The average molecular weight is 255 g/mol. The summed E-state index contributed by atoms with van der Waals surface area (Å²) >= 11 is 5.99. The van der Waals surface area contributed by atoms with Crippen molar-refractivity contribution in [3.8, 4) is 0 Å². The van der Waals surface area contributed by atoms with Crippen molar-refractivity contribution in [1.82, 2.24) is 4.98 Å². The fourth-order valence-corrected chi connectivity index (χ4v) is 2.35. The maximum absolute atomic E-state index is 5.99. The first-order valence-corrected chi connectivity index (χ1v) is 6.69. The molecule has 1 fully saturated rings. The summed E-state index contributed by atoms with van der Waals surface area (Å²) in [4.78, 5) is 3.94. The van der Waals surface area contributed by atoms with E-state index in [0.717, 1.165) is 18.8 Å². The minimum atomic E-state index is 0.471. The second-order valence-electron chi connectivity index (χ2n) is 4.41. The van der Waals surface area contributed by atoms with Crippen molar-refractivity contribution in [1.29, 1.82) is 0 Å². The Labute approximate surface area is 108 Å². The van der Waals surface area contributed by atoms with Gasteiger partial charge in [0, 0.05) is 18.9 Å². The molecule has 0 aliphatic heterocycles. The van der Waals surface area contributed by atoms with E-state index in [0.29, 0.717) is 11.1 Å². The maximum Gasteiger partial charge on any atom is 0.0820 e. The van der Waals surface area contributed by atoms with E-state index in [9.17, 15) is 0 Å². The van der Waals surface area contributed by atoms with Gasteiger partial charge in [-0.25, -0.2) is 0 Å². The molecule has 0 saturated heterocycles. The fourth-order valence-electron chi connectivity index (χ4n) is 2.16. The van der Waals surface area contributed by atoms with Crippen molar-refractivity contribution in [3.63, 3.8) is 0 Å². The number of nitrogens with zero attached hydrogens (tertiary/aromatic N) is 1. The van der Waals surface area contributed by atoms with Gasteiger partial charge in [-0.05, 0) is 18.9 Å². The van der Waals surface area contributed by atoms with Gasteiger partial charge in [0.15, 0.2) is 0 Å². The molecule has 1 aromatic rings. The first-order chi connectivity index (χ1) is 8.36. The minimum absolute atomic E-state index is 0.471. The van der Waals surface area contributed by atoms with E-state index < -0.39 is 0 Å². The molecule has 1 aliphatic rings. The molecule has 17 heavy (non-hydrogen) atoms. The molecule has 1 saturated carbocycles. The van der Waals surface area contributed by atoms with Crippen LogP contribution in [0.15, 0.2) is 18.5 Å². The lowest BCUT2D eigenvalue weighted by molar-refractivity contribution is 0.0347. The van der Waals surface area contributed by atoms with Crippen LogP contribution in [0.1, 0.15) is 32.1 Å².